The zero-order valence-electron chi connectivity index (χ0n) is 4.94. The molecule has 0 radical (unpaired) electrons. The van der Waals surface area contributed by atoms with Crippen molar-refractivity contribution >= 4 is 11.9 Å². The van der Waals surface area contributed by atoms with Crippen molar-refractivity contribution in [1.82, 2.24) is 0 Å². The van der Waals surface area contributed by atoms with Crippen LogP contribution < -0.4 is 0 Å². The van der Waals surface area contributed by atoms with Crippen LogP contribution in [0, 0.1) is 0 Å². The van der Waals surface area contributed by atoms with E-state index < -0.39 is 0 Å². The molecule has 4 heteroatoms. The minimum absolute atomic E-state index is 0.0509. The van der Waals surface area contributed by atoms with Crippen LogP contribution in [0.25, 0.3) is 0 Å². The molecule has 0 amide bonds. The largest absolute Gasteiger partial charge is 0.382 e. The normalized spacial score (nSPS) is 37.2. The zero-order chi connectivity index (χ0) is 6.27. The topological polar surface area (TPSA) is 43.2 Å². The predicted octanol–water partition coefficient (Wildman–Crippen LogP) is 0.146. The molecule has 0 bridgehead atoms. The van der Waals surface area contributed by atoms with Crippen LogP contribution in [-0.2, 0) is 9.68 Å². The van der Waals surface area contributed by atoms with Crippen molar-refractivity contribution in [3.05, 3.63) is 0 Å². The van der Waals surface area contributed by atoms with E-state index >= 15 is 0 Å². The minimum atomic E-state index is -0.0648. The summed E-state index contributed by atoms with van der Waals surface area (Å²) < 4.78 is 0. The molecule has 2 unspecified atom stereocenters. The van der Waals surface area contributed by atoms with Gasteiger partial charge in [0.25, 0.3) is 0 Å². The first-order valence-electron chi connectivity index (χ1n) is 2.77. The van der Waals surface area contributed by atoms with Gasteiger partial charge in [0.15, 0.2) is 0 Å². The Morgan fingerprint density at radius 3 is 3.22 bits per heavy atom. The van der Waals surface area contributed by atoms with Gasteiger partial charge in [0, 0.05) is 0 Å². The second-order valence-electron chi connectivity index (χ2n) is 2.08. The summed E-state index contributed by atoms with van der Waals surface area (Å²) in [5.41, 5.74) is 0.859. The molecule has 2 aliphatic rings. The molecular formula is C5H6N2O2. The molecule has 0 aromatic rings. The molecule has 0 aromatic carbocycles. The van der Waals surface area contributed by atoms with Crippen LogP contribution in [0.15, 0.2) is 10.3 Å². The standard InChI is InChI=1S/C5H6N2O2/c1-3-5-4(8-7-3)2-6-9-5/h2,4-5H,1H3. The lowest BCUT2D eigenvalue weighted by Crippen LogP contribution is -2.25. The van der Waals surface area contributed by atoms with Crippen LogP contribution in [0.5, 0.6) is 0 Å². The summed E-state index contributed by atoms with van der Waals surface area (Å²) in [6, 6.07) is 0. The molecule has 2 atom stereocenters. The summed E-state index contributed by atoms with van der Waals surface area (Å²) in [5.74, 6) is 0. The molecule has 2 aliphatic heterocycles. The first-order valence-corrected chi connectivity index (χ1v) is 2.77. The van der Waals surface area contributed by atoms with Crippen molar-refractivity contribution in [2.24, 2.45) is 10.3 Å². The molecule has 0 aromatic heterocycles. The molecule has 0 N–H and O–H groups in total. The number of nitrogens with zero attached hydrogens (tertiary/aromatic N) is 2. The van der Waals surface area contributed by atoms with Gasteiger partial charge in [0.2, 0.25) is 12.2 Å². The third-order valence-corrected chi connectivity index (χ3v) is 1.41. The van der Waals surface area contributed by atoms with E-state index in [4.69, 9.17) is 9.68 Å². The summed E-state index contributed by atoms with van der Waals surface area (Å²) in [7, 11) is 0. The van der Waals surface area contributed by atoms with Gasteiger partial charge in [-0.15, -0.1) is 0 Å². The molecule has 2 rings (SSSR count). The number of hydrogen-bond donors (Lipinski definition) is 0. The molecule has 0 aliphatic carbocycles. The molecule has 4 nitrogen and oxygen atoms in total. The molecule has 0 saturated carbocycles. The lowest BCUT2D eigenvalue weighted by molar-refractivity contribution is 0.0488. The third kappa shape index (κ3) is 0.526. The summed E-state index contributed by atoms with van der Waals surface area (Å²) >= 11 is 0. The van der Waals surface area contributed by atoms with Gasteiger partial charge in [-0.25, -0.2) is 0 Å². The first-order chi connectivity index (χ1) is 4.38. The van der Waals surface area contributed by atoms with Gasteiger partial charge < -0.3 is 9.68 Å². The highest BCUT2D eigenvalue weighted by molar-refractivity contribution is 5.92. The molecular weight excluding hydrogens is 120 g/mol. The van der Waals surface area contributed by atoms with Gasteiger partial charge in [0.1, 0.15) is 5.71 Å². The highest BCUT2D eigenvalue weighted by atomic mass is 16.7. The van der Waals surface area contributed by atoms with Gasteiger partial charge in [-0.2, -0.15) is 0 Å². The number of oxime groups is 2. The van der Waals surface area contributed by atoms with Crippen molar-refractivity contribution < 1.29 is 9.68 Å². The quantitative estimate of drug-likeness (QED) is 0.463. The summed E-state index contributed by atoms with van der Waals surface area (Å²) in [6.07, 6.45) is 1.50. The first kappa shape index (κ1) is 4.78. The van der Waals surface area contributed by atoms with Crippen LogP contribution in [0.4, 0.5) is 0 Å². The van der Waals surface area contributed by atoms with Crippen molar-refractivity contribution in [2.75, 3.05) is 0 Å². The Hall–Kier alpha value is -1.06. The van der Waals surface area contributed by atoms with E-state index in [0.717, 1.165) is 5.71 Å². The summed E-state index contributed by atoms with van der Waals surface area (Å²) in [5, 5.41) is 7.31. The highest BCUT2D eigenvalue weighted by Crippen LogP contribution is 2.17. The van der Waals surface area contributed by atoms with E-state index in [9.17, 15) is 0 Å². The average molecular weight is 126 g/mol. The molecule has 9 heavy (non-hydrogen) atoms. The van der Waals surface area contributed by atoms with Crippen LogP contribution in [-0.4, -0.2) is 24.1 Å². The Balaban J connectivity index is 2.22. The molecule has 0 spiro atoms. The van der Waals surface area contributed by atoms with Crippen LogP contribution in [0.3, 0.4) is 0 Å². The van der Waals surface area contributed by atoms with Crippen molar-refractivity contribution in [3.63, 3.8) is 0 Å². The maximum Gasteiger partial charge on any atom is 0.212 e. The van der Waals surface area contributed by atoms with Crippen molar-refractivity contribution in [2.45, 2.75) is 19.1 Å². The Morgan fingerprint density at radius 2 is 2.44 bits per heavy atom. The monoisotopic (exact) mass is 126 g/mol. The number of fused-ring (bicyclic) bond motifs is 1. The molecule has 0 fully saturated rings. The lowest BCUT2D eigenvalue weighted by atomic mass is 10.2. The van der Waals surface area contributed by atoms with E-state index in [2.05, 4.69) is 10.3 Å². The van der Waals surface area contributed by atoms with E-state index in [-0.39, 0.29) is 12.2 Å². The van der Waals surface area contributed by atoms with Crippen LogP contribution in [0.2, 0.25) is 0 Å². The minimum Gasteiger partial charge on any atom is -0.382 e. The maximum atomic E-state index is 4.90. The Bertz CT molecular complexity index is 187. The fraction of sp³-hybridized carbons (Fsp3) is 0.600. The fourth-order valence-electron chi connectivity index (χ4n) is 0.891. The number of hydrogen-bond acceptors (Lipinski definition) is 4. The molecule has 48 valence electrons. The SMILES string of the molecule is CC1=NOC2C=NOC12. The van der Waals surface area contributed by atoms with Gasteiger partial charge in [0.05, 0.1) is 6.21 Å². The summed E-state index contributed by atoms with van der Waals surface area (Å²) in [4.78, 5) is 9.81. The van der Waals surface area contributed by atoms with Crippen molar-refractivity contribution in [1.29, 1.82) is 0 Å². The predicted molar refractivity (Wildman–Crippen MR) is 31.3 cm³/mol. The Labute approximate surface area is 52.1 Å². The summed E-state index contributed by atoms with van der Waals surface area (Å²) in [6.45, 7) is 1.86. The van der Waals surface area contributed by atoms with E-state index in [1.807, 2.05) is 6.92 Å². The van der Waals surface area contributed by atoms with Gasteiger partial charge in [-0.3, -0.25) is 0 Å². The smallest absolute Gasteiger partial charge is 0.212 e. The van der Waals surface area contributed by atoms with Gasteiger partial charge >= 0.3 is 0 Å². The molecule has 2 heterocycles. The zero-order valence-corrected chi connectivity index (χ0v) is 4.94. The molecule has 0 saturated heterocycles. The van der Waals surface area contributed by atoms with Crippen LogP contribution >= 0.6 is 0 Å². The third-order valence-electron chi connectivity index (χ3n) is 1.41. The van der Waals surface area contributed by atoms with Gasteiger partial charge in [-0.05, 0) is 6.92 Å². The second-order valence-corrected chi connectivity index (χ2v) is 2.08. The van der Waals surface area contributed by atoms with E-state index in [1.165, 1.54) is 0 Å². The number of rotatable bonds is 0. The van der Waals surface area contributed by atoms with E-state index in [1.54, 1.807) is 6.21 Å². The van der Waals surface area contributed by atoms with E-state index in [0.29, 0.717) is 0 Å². The second kappa shape index (κ2) is 1.46. The van der Waals surface area contributed by atoms with Gasteiger partial charge in [-0.1, -0.05) is 10.3 Å². The highest BCUT2D eigenvalue weighted by Gasteiger charge is 2.36. The Morgan fingerprint density at radius 1 is 1.56 bits per heavy atom. The van der Waals surface area contributed by atoms with Crippen molar-refractivity contribution in [3.8, 4) is 0 Å². The fourth-order valence-corrected chi connectivity index (χ4v) is 0.891. The Kier molecular flexibility index (Phi) is 0.777. The average Bonchev–Trinajstić information content (AvgIpc) is 2.35. The lowest BCUT2D eigenvalue weighted by Gasteiger charge is -2.01. The maximum absolute atomic E-state index is 4.90. The van der Waals surface area contributed by atoms with Crippen LogP contribution in [0.1, 0.15) is 6.92 Å².